The first-order valence-corrected chi connectivity index (χ1v) is 7.10. The van der Waals surface area contributed by atoms with Gasteiger partial charge in [0.25, 0.3) is 0 Å². The lowest BCUT2D eigenvalue weighted by atomic mass is 10.5. The van der Waals surface area contributed by atoms with E-state index < -0.39 is 40.6 Å². The quantitative estimate of drug-likeness (QED) is 0.461. The van der Waals surface area contributed by atoms with Crippen LogP contribution in [0, 0.1) is 0 Å². The normalized spacial score (nSPS) is 50.7. The summed E-state index contributed by atoms with van der Waals surface area (Å²) < 4.78 is 34.7. The van der Waals surface area contributed by atoms with E-state index in [1.807, 2.05) is 0 Å². The van der Waals surface area contributed by atoms with E-state index in [0.29, 0.717) is 0 Å². The third-order valence-corrected chi connectivity index (χ3v) is 4.72. The number of aliphatic hydroxyl groups is 2. The molecule has 1 aliphatic heterocycles. The molecule has 16 heavy (non-hydrogen) atoms. The van der Waals surface area contributed by atoms with Crippen LogP contribution >= 0.6 is 15.6 Å². The van der Waals surface area contributed by atoms with E-state index in [1.54, 1.807) is 0 Å². The van der Waals surface area contributed by atoms with Crippen molar-refractivity contribution in [2.45, 2.75) is 18.6 Å². The highest BCUT2D eigenvalue weighted by molar-refractivity contribution is 7.61. The van der Waals surface area contributed by atoms with Crippen molar-refractivity contribution in [1.29, 1.82) is 0 Å². The fourth-order valence-corrected chi connectivity index (χ4v) is 3.37. The van der Waals surface area contributed by atoms with Crippen molar-refractivity contribution in [2.24, 2.45) is 0 Å². The molecule has 0 aliphatic carbocycles. The van der Waals surface area contributed by atoms with Crippen LogP contribution < -0.4 is 0 Å². The third kappa shape index (κ3) is 3.33. The Morgan fingerprint density at radius 3 is 2.44 bits per heavy atom. The summed E-state index contributed by atoms with van der Waals surface area (Å²) >= 11 is 0. The summed E-state index contributed by atoms with van der Waals surface area (Å²) in [5.41, 5.74) is -1.83. The number of hydrogen-bond donors (Lipinski definition) is 4. The van der Waals surface area contributed by atoms with Crippen LogP contribution in [0.4, 0.5) is 0 Å². The van der Waals surface area contributed by atoms with E-state index in [4.69, 9.17) is 14.9 Å². The second kappa shape index (κ2) is 4.45. The van der Waals surface area contributed by atoms with Gasteiger partial charge in [0.2, 0.25) is 0 Å². The molecule has 0 spiro atoms. The zero-order chi connectivity index (χ0) is 12.6. The highest BCUT2D eigenvalue weighted by atomic mass is 31.3. The molecule has 0 aromatic rings. The molecule has 0 radical (unpaired) electrons. The molecule has 2 unspecified atom stereocenters. The zero-order valence-electron chi connectivity index (χ0n) is 8.22. The van der Waals surface area contributed by atoms with Gasteiger partial charge >= 0.3 is 15.6 Å². The van der Waals surface area contributed by atoms with Crippen LogP contribution in [0.3, 0.4) is 0 Å². The van der Waals surface area contributed by atoms with Crippen molar-refractivity contribution in [2.75, 3.05) is 13.2 Å². The van der Waals surface area contributed by atoms with Gasteiger partial charge in [0.1, 0.15) is 11.7 Å². The highest BCUT2D eigenvalue weighted by Gasteiger charge is 2.48. The summed E-state index contributed by atoms with van der Waals surface area (Å²) in [6.07, 6.45) is -1.57. The summed E-state index contributed by atoms with van der Waals surface area (Å²) in [5.74, 6) is 0. The molecule has 4 N–H and O–H groups in total. The minimum atomic E-state index is -4.91. The van der Waals surface area contributed by atoms with Gasteiger partial charge in [-0.15, -0.1) is 0 Å². The van der Waals surface area contributed by atoms with Gasteiger partial charge < -0.3 is 20.0 Å². The molecule has 0 saturated carbocycles. The van der Waals surface area contributed by atoms with Gasteiger partial charge in [-0.3, -0.25) is 9.05 Å². The summed E-state index contributed by atoms with van der Waals surface area (Å²) in [6, 6.07) is 0. The fraction of sp³-hybridized carbons (Fsp3) is 1.00. The maximum absolute atomic E-state index is 11.2. The summed E-state index contributed by atoms with van der Waals surface area (Å²) in [7, 11) is -9.68. The third-order valence-electron chi connectivity index (χ3n) is 1.94. The van der Waals surface area contributed by atoms with Crippen LogP contribution in [-0.4, -0.2) is 44.9 Å². The van der Waals surface area contributed by atoms with E-state index in [-0.39, 0.29) is 0 Å². The number of phosphoric acid groups is 2. The van der Waals surface area contributed by atoms with Crippen LogP contribution in [0.2, 0.25) is 0 Å². The lowest BCUT2D eigenvalue weighted by Crippen LogP contribution is -2.47. The molecule has 1 saturated heterocycles. The van der Waals surface area contributed by atoms with E-state index in [1.165, 1.54) is 0 Å². The maximum Gasteiger partial charge on any atom is 0.481 e. The second-order valence-corrected chi connectivity index (χ2v) is 6.36. The summed E-state index contributed by atoms with van der Waals surface area (Å²) in [5, 5.41) is 18.4. The zero-order valence-corrected chi connectivity index (χ0v) is 10.0. The smallest absolute Gasteiger partial charge is 0.393 e. The van der Waals surface area contributed by atoms with Gasteiger partial charge in [0.05, 0.1) is 13.2 Å². The minimum absolute atomic E-state index is 0.690. The standard InChI is InChI=1S/C5H12O9P2/c1-5(3-6)4(7)2-12-15(8,9)14-16(10,11)13-5/h4,6-7H,2-3H2,1H3,(H,8,9)(H,10,11)/t4-,5+/m1/s1/i5+2. The first kappa shape index (κ1) is 14.2. The van der Waals surface area contributed by atoms with Crippen molar-refractivity contribution in [3.8, 4) is 0 Å². The Morgan fingerprint density at radius 2 is 1.94 bits per heavy atom. The molecule has 1 heterocycles. The van der Waals surface area contributed by atoms with Crippen molar-refractivity contribution in [1.82, 2.24) is 0 Å². The second-order valence-electron chi connectivity index (χ2n) is 3.39. The molecule has 9 nitrogen and oxygen atoms in total. The molecule has 4 atom stereocenters. The summed E-state index contributed by atoms with van der Waals surface area (Å²) in [6.45, 7) is -0.368. The van der Waals surface area contributed by atoms with Crippen molar-refractivity contribution in [3.63, 3.8) is 0 Å². The Morgan fingerprint density at radius 1 is 1.38 bits per heavy atom. The van der Waals surface area contributed by atoms with E-state index >= 15 is 0 Å². The molecule has 11 heteroatoms. The Labute approximate surface area is 90.8 Å². The first-order chi connectivity index (χ1) is 7.10. The van der Waals surface area contributed by atoms with Crippen LogP contribution in [0.25, 0.3) is 0 Å². The lowest BCUT2D eigenvalue weighted by molar-refractivity contribution is -0.109. The Hall–Kier alpha value is 0.180. The van der Waals surface area contributed by atoms with Crippen LogP contribution in [-0.2, 0) is 22.5 Å². The number of phosphoric ester groups is 2. The molecular weight excluding hydrogens is 268 g/mol. The monoisotopic (exact) mass is 280 g/mol. The van der Waals surface area contributed by atoms with Crippen molar-refractivity contribution >= 4 is 15.6 Å². The topological polar surface area (TPSA) is 143 Å². The number of aliphatic hydroxyl groups excluding tert-OH is 2. The molecule has 0 amide bonds. The highest BCUT2D eigenvalue weighted by Crippen LogP contribution is 2.63. The maximum atomic E-state index is 11.2. The Bertz CT molecular complexity index is 356. The fourth-order valence-electron chi connectivity index (χ4n) is 0.970. The van der Waals surface area contributed by atoms with Gasteiger partial charge in [0.15, 0.2) is 0 Å². The van der Waals surface area contributed by atoms with Gasteiger partial charge in [0, 0.05) is 0 Å². The van der Waals surface area contributed by atoms with E-state index in [2.05, 4.69) is 13.4 Å². The molecule has 1 rings (SSSR count). The van der Waals surface area contributed by atoms with Gasteiger partial charge in [-0.1, -0.05) is 0 Å². The van der Waals surface area contributed by atoms with E-state index in [0.717, 1.165) is 6.92 Å². The Kier molecular flexibility index (Phi) is 3.96. The predicted octanol–water partition coefficient (Wildman–Crippen LogP) is -0.638. The van der Waals surface area contributed by atoms with Crippen molar-refractivity contribution < 1.29 is 42.5 Å². The van der Waals surface area contributed by atoms with Crippen LogP contribution in [0.15, 0.2) is 0 Å². The Balaban J connectivity index is 3.01. The van der Waals surface area contributed by atoms with Gasteiger partial charge in [-0.25, -0.2) is 9.13 Å². The minimum Gasteiger partial charge on any atom is -0.393 e. The molecule has 0 bridgehead atoms. The molecular formula is C5H12O9P2. The molecule has 96 valence electrons. The van der Waals surface area contributed by atoms with Gasteiger partial charge in [-0.2, -0.15) is 4.31 Å². The molecule has 0 aromatic carbocycles. The van der Waals surface area contributed by atoms with Crippen LogP contribution in [0.1, 0.15) is 6.92 Å². The average molecular weight is 280 g/mol. The summed E-state index contributed by atoms with van der Waals surface area (Å²) in [4.78, 5) is 18.0. The molecule has 0 aromatic heterocycles. The number of hydrogen-bond acceptors (Lipinski definition) is 7. The first-order valence-electron chi connectivity index (χ1n) is 4.11. The largest absolute Gasteiger partial charge is 0.481 e. The molecule has 1 aliphatic rings. The van der Waals surface area contributed by atoms with Crippen molar-refractivity contribution in [3.05, 3.63) is 0 Å². The van der Waals surface area contributed by atoms with Gasteiger partial charge in [-0.05, 0) is 6.92 Å². The average Bonchev–Trinajstić information content (AvgIpc) is 2.10. The number of rotatable bonds is 1. The lowest BCUT2D eigenvalue weighted by Gasteiger charge is -2.35. The van der Waals surface area contributed by atoms with E-state index in [9.17, 15) is 14.2 Å². The SMILES string of the molecule is C[14C@@]1(CO)OP(=O)(O)OP(=O)(O)OC[C@H]1O. The van der Waals surface area contributed by atoms with Crippen LogP contribution in [0.5, 0.6) is 0 Å². The predicted molar refractivity (Wildman–Crippen MR) is 49.3 cm³/mol. The molecule has 1 fully saturated rings.